The summed E-state index contributed by atoms with van der Waals surface area (Å²) in [6.07, 6.45) is 1.92. The Balaban J connectivity index is 2.40. The number of aromatic nitrogens is 1. The summed E-state index contributed by atoms with van der Waals surface area (Å²) in [7, 11) is 0. The van der Waals surface area contributed by atoms with E-state index < -0.39 is 0 Å². The molecule has 0 atom stereocenters. The molecule has 0 bridgehead atoms. The van der Waals surface area contributed by atoms with Crippen LogP contribution in [0.4, 0.5) is 0 Å². The van der Waals surface area contributed by atoms with Crippen LogP contribution in [-0.4, -0.2) is 23.2 Å². The average molecular weight is 192 g/mol. The van der Waals surface area contributed by atoms with Crippen LogP contribution >= 0.6 is 0 Å². The molecule has 1 heterocycles. The molecule has 1 aromatic rings. The van der Waals surface area contributed by atoms with Crippen LogP contribution in [0, 0.1) is 0 Å². The van der Waals surface area contributed by atoms with Gasteiger partial charge in [-0.15, -0.1) is 0 Å². The van der Waals surface area contributed by atoms with Gasteiger partial charge in [-0.1, -0.05) is 6.07 Å². The fourth-order valence-corrected chi connectivity index (χ4v) is 0.940. The second-order valence-corrected chi connectivity index (χ2v) is 2.92. The van der Waals surface area contributed by atoms with Gasteiger partial charge in [-0.2, -0.15) is 0 Å². The first-order valence-corrected chi connectivity index (χ1v) is 4.39. The highest BCUT2D eigenvalue weighted by Gasteiger charge is 2.04. The van der Waals surface area contributed by atoms with Crippen LogP contribution in [0.5, 0.6) is 0 Å². The van der Waals surface area contributed by atoms with Crippen LogP contribution in [-0.2, 0) is 4.79 Å². The fraction of sp³-hybridized carbons (Fsp3) is 0.300. The minimum Gasteiger partial charge on any atom is -0.350 e. The topological polar surface area (TPSA) is 59.1 Å². The number of carbonyl (C=O) groups excluding carboxylic acids is 2. The maximum absolute atomic E-state index is 11.3. The van der Waals surface area contributed by atoms with E-state index in [0.29, 0.717) is 18.7 Å². The standard InChI is InChI=1S/C10H12N2O2/c1-8(13)5-7-12-10(14)9-4-2-3-6-11-9/h2-4,6H,5,7H2,1H3,(H,12,14). The Labute approximate surface area is 82.3 Å². The molecular weight excluding hydrogens is 180 g/mol. The van der Waals surface area contributed by atoms with Crippen LogP contribution < -0.4 is 5.32 Å². The predicted molar refractivity (Wildman–Crippen MR) is 51.9 cm³/mol. The molecule has 0 radical (unpaired) electrons. The molecule has 0 unspecified atom stereocenters. The molecule has 0 fully saturated rings. The average Bonchev–Trinajstić information content (AvgIpc) is 2.18. The van der Waals surface area contributed by atoms with Crippen molar-refractivity contribution < 1.29 is 9.59 Å². The molecule has 1 amide bonds. The van der Waals surface area contributed by atoms with E-state index in [0.717, 1.165) is 0 Å². The van der Waals surface area contributed by atoms with Crippen LogP contribution in [0.1, 0.15) is 23.8 Å². The lowest BCUT2D eigenvalue weighted by molar-refractivity contribution is -0.116. The summed E-state index contributed by atoms with van der Waals surface area (Å²) < 4.78 is 0. The molecule has 0 aromatic carbocycles. The van der Waals surface area contributed by atoms with Gasteiger partial charge < -0.3 is 5.32 Å². The van der Waals surface area contributed by atoms with Gasteiger partial charge in [0.05, 0.1) is 0 Å². The number of amides is 1. The summed E-state index contributed by atoms with van der Waals surface area (Å²) in [4.78, 5) is 25.8. The van der Waals surface area contributed by atoms with E-state index in [-0.39, 0.29) is 11.7 Å². The van der Waals surface area contributed by atoms with Crippen molar-refractivity contribution in [2.45, 2.75) is 13.3 Å². The number of ketones is 1. The van der Waals surface area contributed by atoms with E-state index in [1.165, 1.54) is 6.92 Å². The first-order chi connectivity index (χ1) is 6.70. The third kappa shape index (κ3) is 3.35. The molecule has 14 heavy (non-hydrogen) atoms. The van der Waals surface area contributed by atoms with Gasteiger partial charge in [0, 0.05) is 19.2 Å². The monoisotopic (exact) mass is 192 g/mol. The number of carbonyl (C=O) groups is 2. The Morgan fingerprint density at radius 1 is 1.43 bits per heavy atom. The number of pyridine rings is 1. The SMILES string of the molecule is CC(=O)CCNC(=O)c1ccccn1. The Kier molecular flexibility index (Phi) is 3.79. The van der Waals surface area contributed by atoms with Gasteiger partial charge in [-0.25, -0.2) is 0 Å². The van der Waals surface area contributed by atoms with Gasteiger partial charge in [-0.05, 0) is 19.1 Å². The molecule has 0 saturated carbocycles. The number of nitrogens with one attached hydrogen (secondary N) is 1. The molecular formula is C10H12N2O2. The molecule has 0 aliphatic carbocycles. The van der Waals surface area contributed by atoms with Crippen molar-refractivity contribution in [3.63, 3.8) is 0 Å². The van der Waals surface area contributed by atoms with E-state index in [1.807, 2.05) is 0 Å². The molecule has 4 nitrogen and oxygen atoms in total. The van der Waals surface area contributed by atoms with Crippen LogP contribution in [0.25, 0.3) is 0 Å². The summed E-state index contributed by atoms with van der Waals surface area (Å²) in [5, 5.41) is 2.61. The summed E-state index contributed by atoms with van der Waals surface area (Å²) in [5.74, 6) is -0.182. The second kappa shape index (κ2) is 5.11. The Morgan fingerprint density at radius 3 is 2.79 bits per heavy atom. The first-order valence-electron chi connectivity index (χ1n) is 4.39. The Bertz CT molecular complexity index is 322. The lowest BCUT2D eigenvalue weighted by atomic mass is 10.3. The van der Waals surface area contributed by atoms with Crippen LogP contribution in [0.15, 0.2) is 24.4 Å². The van der Waals surface area contributed by atoms with Gasteiger partial charge >= 0.3 is 0 Å². The quantitative estimate of drug-likeness (QED) is 0.767. The molecule has 0 saturated heterocycles. The fourth-order valence-electron chi connectivity index (χ4n) is 0.940. The van der Waals surface area contributed by atoms with Gasteiger partial charge in [-0.3, -0.25) is 14.6 Å². The lowest BCUT2D eigenvalue weighted by Crippen LogP contribution is -2.26. The first kappa shape index (κ1) is 10.4. The molecule has 0 aliphatic heterocycles. The third-order valence-corrected chi connectivity index (χ3v) is 1.66. The molecule has 0 spiro atoms. The minimum atomic E-state index is -0.244. The zero-order valence-corrected chi connectivity index (χ0v) is 7.99. The number of Topliss-reactive ketones (excluding diaryl/α,β-unsaturated/α-hetero) is 1. The van der Waals surface area contributed by atoms with Crippen molar-refractivity contribution >= 4 is 11.7 Å². The normalized spacial score (nSPS) is 9.50. The smallest absolute Gasteiger partial charge is 0.269 e. The van der Waals surface area contributed by atoms with E-state index in [2.05, 4.69) is 10.3 Å². The summed E-state index contributed by atoms with van der Waals surface area (Å²) in [6, 6.07) is 5.11. The number of nitrogens with zero attached hydrogens (tertiary/aromatic N) is 1. The largest absolute Gasteiger partial charge is 0.350 e. The molecule has 1 N–H and O–H groups in total. The highest BCUT2D eigenvalue weighted by Crippen LogP contribution is 1.92. The Hall–Kier alpha value is -1.71. The van der Waals surface area contributed by atoms with Crippen molar-refractivity contribution in [2.24, 2.45) is 0 Å². The van der Waals surface area contributed by atoms with E-state index in [4.69, 9.17) is 0 Å². The highest BCUT2D eigenvalue weighted by atomic mass is 16.2. The van der Waals surface area contributed by atoms with Crippen molar-refractivity contribution in [3.05, 3.63) is 30.1 Å². The van der Waals surface area contributed by atoms with Gasteiger partial charge in [0.2, 0.25) is 0 Å². The summed E-state index contributed by atoms with van der Waals surface area (Å²) in [5.41, 5.74) is 0.371. The van der Waals surface area contributed by atoms with Crippen molar-refractivity contribution in [1.29, 1.82) is 0 Å². The van der Waals surface area contributed by atoms with Crippen molar-refractivity contribution in [3.8, 4) is 0 Å². The van der Waals surface area contributed by atoms with Crippen LogP contribution in [0.2, 0.25) is 0 Å². The number of hydrogen-bond donors (Lipinski definition) is 1. The number of hydrogen-bond acceptors (Lipinski definition) is 3. The highest BCUT2D eigenvalue weighted by molar-refractivity contribution is 5.92. The zero-order valence-electron chi connectivity index (χ0n) is 7.99. The van der Waals surface area contributed by atoms with Gasteiger partial charge in [0.1, 0.15) is 11.5 Å². The van der Waals surface area contributed by atoms with E-state index in [1.54, 1.807) is 24.4 Å². The maximum atomic E-state index is 11.3. The van der Waals surface area contributed by atoms with Gasteiger partial charge in [0.25, 0.3) is 5.91 Å². The van der Waals surface area contributed by atoms with E-state index in [9.17, 15) is 9.59 Å². The predicted octanol–water partition coefficient (Wildman–Crippen LogP) is 0.790. The third-order valence-electron chi connectivity index (χ3n) is 1.66. The van der Waals surface area contributed by atoms with Gasteiger partial charge in [0.15, 0.2) is 0 Å². The molecule has 4 heteroatoms. The molecule has 1 rings (SSSR count). The molecule has 1 aromatic heterocycles. The summed E-state index contributed by atoms with van der Waals surface area (Å²) in [6.45, 7) is 1.86. The molecule has 0 aliphatic rings. The van der Waals surface area contributed by atoms with Crippen LogP contribution in [0.3, 0.4) is 0 Å². The Morgan fingerprint density at radius 2 is 2.21 bits per heavy atom. The zero-order chi connectivity index (χ0) is 10.4. The van der Waals surface area contributed by atoms with E-state index >= 15 is 0 Å². The minimum absolute atomic E-state index is 0.0614. The van der Waals surface area contributed by atoms with Crippen molar-refractivity contribution in [1.82, 2.24) is 10.3 Å². The number of rotatable bonds is 4. The maximum Gasteiger partial charge on any atom is 0.269 e. The second-order valence-electron chi connectivity index (χ2n) is 2.92. The summed E-state index contributed by atoms with van der Waals surface area (Å²) >= 11 is 0. The van der Waals surface area contributed by atoms with Crippen molar-refractivity contribution in [2.75, 3.05) is 6.54 Å². The molecule has 74 valence electrons. The lowest BCUT2D eigenvalue weighted by Gasteiger charge is -2.01.